The molecule has 2 N–H and O–H groups in total. The molecule has 1 aliphatic carbocycles. The summed E-state index contributed by atoms with van der Waals surface area (Å²) in [5.74, 6) is -1.48. The second kappa shape index (κ2) is 5.30. The lowest BCUT2D eigenvalue weighted by atomic mass is 10.0. The van der Waals surface area contributed by atoms with Crippen molar-refractivity contribution in [1.29, 1.82) is 0 Å². The molecule has 0 heterocycles. The van der Waals surface area contributed by atoms with E-state index in [1.807, 2.05) is 6.92 Å². The van der Waals surface area contributed by atoms with Crippen LogP contribution in [0.3, 0.4) is 0 Å². The lowest BCUT2D eigenvalue weighted by Crippen LogP contribution is -2.45. The molecule has 3 atom stereocenters. The van der Waals surface area contributed by atoms with Crippen LogP contribution in [0.15, 0.2) is 0 Å². The molecule has 1 rings (SSSR count). The van der Waals surface area contributed by atoms with E-state index in [2.05, 4.69) is 5.32 Å². The highest BCUT2D eigenvalue weighted by molar-refractivity contribution is 5.87. The largest absolute Gasteiger partial charge is 0.480 e. The molecule has 3 unspecified atom stereocenters. The van der Waals surface area contributed by atoms with Gasteiger partial charge in [0.1, 0.15) is 6.04 Å². The first-order valence-corrected chi connectivity index (χ1v) is 5.62. The standard InChI is InChI=1S/C11H19NO4/c1-4-16-8-5-7(8)10(13)12-9(6(2)3)11(14)15/h6-9H,4-5H2,1-3H3,(H,12,13)(H,14,15). The van der Waals surface area contributed by atoms with Crippen molar-refractivity contribution in [2.24, 2.45) is 11.8 Å². The number of carboxylic acid groups (broad SMARTS) is 1. The second-order valence-electron chi connectivity index (χ2n) is 4.40. The summed E-state index contributed by atoms with van der Waals surface area (Å²) < 4.78 is 5.28. The van der Waals surface area contributed by atoms with Crippen molar-refractivity contribution >= 4 is 11.9 Å². The third kappa shape index (κ3) is 3.20. The van der Waals surface area contributed by atoms with E-state index in [4.69, 9.17) is 9.84 Å². The van der Waals surface area contributed by atoms with Crippen molar-refractivity contribution in [2.75, 3.05) is 6.61 Å². The minimum absolute atomic E-state index is 0.0217. The van der Waals surface area contributed by atoms with Crippen molar-refractivity contribution in [1.82, 2.24) is 5.32 Å². The van der Waals surface area contributed by atoms with Crippen LogP contribution in [-0.4, -0.2) is 35.7 Å². The van der Waals surface area contributed by atoms with E-state index in [1.54, 1.807) is 13.8 Å². The van der Waals surface area contributed by atoms with Crippen LogP contribution in [0.5, 0.6) is 0 Å². The van der Waals surface area contributed by atoms with Gasteiger partial charge in [-0.2, -0.15) is 0 Å². The Labute approximate surface area is 95.2 Å². The monoisotopic (exact) mass is 229 g/mol. The fraction of sp³-hybridized carbons (Fsp3) is 0.818. The third-order valence-electron chi connectivity index (χ3n) is 2.68. The van der Waals surface area contributed by atoms with E-state index >= 15 is 0 Å². The molecule has 1 fully saturated rings. The van der Waals surface area contributed by atoms with Crippen molar-refractivity contribution in [2.45, 2.75) is 39.3 Å². The number of aliphatic carboxylic acids is 1. The minimum atomic E-state index is -0.989. The van der Waals surface area contributed by atoms with E-state index < -0.39 is 12.0 Å². The Morgan fingerprint density at radius 2 is 2.12 bits per heavy atom. The number of carbonyl (C=O) groups excluding carboxylic acids is 1. The van der Waals surface area contributed by atoms with Crippen LogP contribution in [0.4, 0.5) is 0 Å². The highest BCUT2D eigenvalue weighted by Crippen LogP contribution is 2.33. The molecule has 1 aliphatic rings. The molecular weight excluding hydrogens is 210 g/mol. The van der Waals surface area contributed by atoms with Crippen molar-refractivity contribution < 1.29 is 19.4 Å². The van der Waals surface area contributed by atoms with Crippen molar-refractivity contribution in [3.63, 3.8) is 0 Å². The molecule has 0 aromatic carbocycles. The van der Waals surface area contributed by atoms with Gasteiger partial charge >= 0.3 is 5.97 Å². The van der Waals surface area contributed by atoms with Gasteiger partial charge < -0.3 is 15.2 Å². The van der Waals surface area contributed by atoms with Gasteiger partial charge in [0.15, 0.2) is 0 Å². The van der Waals surface area contributed by atoms with E-state index in [1.165, 1.54) is 0 Å². The summed E-state index contributed by atoms with van der Waals surface area (Å²) in [4.78, 5) is 22.5. The van der Waals surface area contributed by atoms with Gasteiger partial charge in [-0.25, -0.2) is 4.79 Å². The Balaban J connectivity index is 2.42. The fourth-order valence-corrected chi connectivity index (χ4v) is 1.62. The maximum absolute atomic E-state index is 11.7. The van der Waals surface area contributed by atoms with E-state index in [9.17, 15) is 9.59 Å². The molecule has 92 valence electrons. The van der Waals surface area contributed by atoms with Gasteiger partial charge in [0, 0.05) is 6.61 Å². The molecular formula is C11H19NO4. The number of amides is 1. The Morgan fingerprint density at radius 1 is 1.50 bits per heavy atom. The Hall–Kier alpha value is -1.10. The fourth-order valence-electron chi connectivity index (χ4n) is 1.62. The number of carbonyl (C=O) groups is 2. The number of nitrogens with one attached hydrogen (secondary N) is 1. The van der Waals surface area contributed by atoms with Crippen LogP contribution in [0.25, 0.3) is 0 Å². The number of rotatable bonds is 6. The van der Waals surface area contributed by atoms with Crippen molar-refractivity contribution in [3.05, 3.63) is 0 Å². The van der Waals surface area contributed by atoms with Gasteiger partial charge in [-0.05, 0) is 19.3 Å². The highest BCUT2D eigenvalue weighted by atomic mass is 16.5. The first-order chi connectivity index (χ1) is 7.47. The number of hydrogen-bond donors (Lipinski definition) is 2. The SMILES string of the molecule is CCOC1CC1C(=O)NC(C(=O)O)C(C)C. The molecule has 5 heteroatoms. The topological polar surface area (TPSA) is 75.6 Å². The van der Waals surface area contributed by atoms with Crippen LogP contribution < -0.4 is 5.32 Å². The van der Waals surface area contributed by atoms with Crippen LogP contribution in [0, 0.1) is 11.8 Å². The summed E-state index contributed by atoms with van der Waals surface area (Å²) in [6, 6.07) is -0.810. The minimum Gasteiger partial charge on any atom is -0.480 e. The van der Waals surface area contributed by atoms with Gasteiger partial charge in [-0.1, -0.05) is 13.8 Å². The van der Waals surface area contributed by atoms with E-state index in [0.717, 1.165) is 0 Å². The Morgan fingerprint density at radius 3 is 2.56 bits per heavy atom. The summed E-state index contributed by atoms with van der Waals surface area (Å²) in [6.07, 6.45) is 0.677. The van der Waals surface area contributed by atoms with Crippen LogP contribution in [-0.2, 0) is 14.3 Å². The zero-order valence-electron chi connectivity index (χ0n) is 9.90. The summed E-state index contributed by atoms with van der Waals surface area (Å²) >= 11 is 0. The predicted molar refractivity (Wildman–Crippen MR) is 57.9 cm³/mol. The maximum Gasteiger partial charge on any atom is 0.326 e. The smallest absolute Gasteiger partial charge is 0.326 e. The zero-order valence-corrected chi connectivity index (χ0v) is 9.90. The second-order valence-corrected chi connectivity index (χ2v) is 4.40. The molecule has 0 aliphatic heterocycles. The molecule has 5 nitrogen and oxygen atoms in total. The molecule has 0 radical (unpaired) electrons. The van der Waals surface area contributed by atoms with Crippen LogP contribution >= 0.6 is 0 Å². The zero-order chi connectivity index (χ0) is 12.3. The van der Waals surface area contributed by atoms with Gasteiger partial charge in [-0.3, -0.25) is 4.79 Å². The normalized spacial score (nSPS) is 25.2. The van der Waals surface area contributed by atoms with Gasteiger partial charge in [0.2, 0.25) is 5.91 Å². The maximum atomic E-state index is 11.7. The summed E-state index contributed by atoms with van der Waals surface area (Å²) in [5, 5.41) is 11.5. The molecule has 16 heavy (non-hydrogen) atoms. The van der Waals surface area contributed by atoms with Crippen molar-refractivity contribution in [3.8, 4) is 0 Å². The molecule has 0 bridgehead atoms. The first kappa shape index (κ1) is 13.0. The van der Waals surface area contributed by atoms with E-state index in [-0.39, 0.29) is 23.8 Å². The molecule has 0 aromatic heterocycles. The molecule has 0 spiro atoms. The molecule has 1 amide bonds. The number of carboxylic acids is 1. The molecule has 0 saturated heterocycles. The Kier molecular flexibility index (Phi) is 4.29. The molecule has 0 aromatic rings. The highest BCUT2D eigenvalue weighted by Gasteiger charge is 2.45. The predicted octanol–water partition coefficient (Wildman–Crippen LogP) is 0.637. The summed E-state index contributed by atoms with van der Waals surface area (Å²) in [7, 11) is 0. The number of hydrogen-bond acceptors (Lipinski definition) is 3. The van der Waals surface area contributed by atoms with Crippen LogP contribution in [0.1, 0.15) is 27.2 Å². The van der Waals surface area contributed by atoms with Crippen LogP contribution in [0.2, 0.25) is 0 Å². The van der Waals surface area contributed by atoms with E-state index in [0.29, 0.717) is 13.0 Å². The third-order valence-corrected chi connectivity index (χ3v) is 2.68. The summed E-state index contributed by atoms with van der Waals surface area (Å²) in [6.45, 7) is 6.00. The number of ether oxygens (including phenoxy) is 1. The van der Waals surface area contributed by atoms with Gasteiger partial charge in [-0.15, -0.1) is 0 Å². The van der Waals surface area contributed by atoms with Gasteiger partial charge in [0.05, 0.1) is 12.0 Å². The lowest BCUT2D eigenvalue weighted by Gasteiger charge is -2.17. The average Bonchev–Trinajstić information content (AvgIpc) is 2.92. The lowest BCUT2D eigenvalue weighted by molar-refractivity contribution is -0.143. The summed E-state index contributed by atoms with van der Waals surface area (Å²) in [5.41, 5.74) is 0. The average molecular weight is 229 g/mol. The first-order valence-electron chi connectivity index (χ1n) is 5.62. The quantitative estimate of drug-likeness (QED) is 0.700. The molecule has 1 saturated carbocycles. The van der Waals surface area contributed by atoms with Gasteiger partial charge in [0.25, 0.3) is 0 Å². The Bertz CT molecular complexity index is 277.